The van der Waals surface area contributed by atoms with E-state index in [1.54, 1.807) is 17.9 Å². The third kappa shape index (κ3) is 6.48. The number of hydrogen-bond donors (Lipinski definition) is 0. The van der Waals surface area contributed by atoms with Crippen molar-refractivity contribution in [1.82, 2.24) is 0 Å². The molecule has 1 heterocycles. The number of hydrogen-bond acceptors (Lipinski definition) is 4. The van der Waals surface area contributed by atoms with Gasteiger partial charge in [0.05, 0.1) is 6.61 Å². The lowest BCUT2D eigenvalue weighted by atomic mass is 9.88. The van der Waals surface area contributed by atoms with Gasteiger partial charge in [-0.3, -0.25) is 9.69 Å². The Labute approximate surface area is 205 Å². The number of rotatable bonds is 6. The molecule has 1 aromatic carbocycles. The number of carbonyl (C=O) groups is 2. The van der Waals surface area contributed by atoms with E-state index in [0.29, 0.717) is 5.76 Å². The van der Waals surface area contributed by atoms with Crippen molar-refractivity contribution in [3.63, 3.8) is 0 Å². The average molecular weight is 484 g/mol. The Morgan fingerprint density at radius 2 is 1.76 bits per heavy atom. The summed E-state index contributed by atoms with van der Waals surface area (Å²) in [6, 6.07) is 9.31. The normalized spacial score (nSPS) is 14.9. The first kappa shape index (κ1) is 26.0. The number of ether oxygens (including phenoxy) is 1. The summed E-state index contributed by atoms with van der Waals surface area (Å²) in [6.45, 7) is 5.91. The van der Waals surface area contributed by atoms with Crippen LogP contribution >= 0.6 is 10.0 Å². The van der Waals surface area contributed by atoms with Crippen molar-refractivity contribution < 1.29 is 18.7 Å². The lowest BCUT2D eigenvalue weighted by Gasteiger charge is -2.31. The standard InChI is InChI=1S/C28H37NO4S/c1-7-32-28(31)24-19-25(22-15-13-21(14-16-22)17-18-34(4,5)6)33-27(24)29(20(2)3)26(30)23-11-9-8-10-12-23/h13-16,19-20,23H,7-12H2,1-6H3. The first-order valence-electron chi connectivity index (χ1n) is 12.1. The van der Waals surface area contributed by atoms with Gasteiger partial charge in [-0.05, 0) is 81.9 Å². The van der Waals surface area contributed by atoms with Gasteiger partial charge >= 0.3 is 5.97 Å². The molecule has 1 saturated carbocycles. The van der Waals surface area contributed by atoms with Crippen molar-refractivity contribution in [2.24, 2.45) is 5.92 Å². The summed E-state index contributed by atoms with van der Waals surface area (Å²) in [5.74, 6) is 3.54. The molecule has 0 saturated heterocycles. The Bertz CT molecular complexity index is 1060. The van der Waals surface area contributed by atoms with Gasteiger partial charge in [0, 0.05) is 29.2 Å². The summed E-state index contributed by atoms with van der Waals surface area (Å²) < 4.78 is 11.5. The highest BCUT2D eigenvalue weighted by Crippen LogP contribution is 2.36. The predicted octanol–water partition coefficient (Wildman–Crippen LogP) is 6.45. The average Bonchev–Trinajstić information content (AvgIpc) is 3.23. The van der Waals surface area contributed by atoms with Crippen LogP contribution in [-0.2, 0) is 9.53 Å². The zero-order valence-corrected chi connectivity index (χ0v) is 22.1. The minimum Gasteiger partial charge on any atom is -0.462 e. The number of esters is 1. The molecular weight excluding hydrogens is 446 g/mol. The van der Waals surface area contributed by atoms with Gasteiger partial charge in [-0.2, -0.15) is 10.0 Å². The molecule has 1 fully saturated rings. The summed E-state index contributed by atoms with van der Waals surface area (Å²) in [7, 11) is -0.906. The fourth-order valence-corrected chi connectivity index (χ4v) is 4.55. The molecule has 0 bridgehead atoms. The van der Waals surface area contributed by atoms with E-state index >= 15 is 0 Å². The van der Waals surface area contributed by atoms with Crippen LogP contribution in [0.15, 0.2) is 34.7 Å². The monoisotopic (exact) mass is 483 g/mol. The summed E-state index contributed by atoms with van der Waals surface area (Å²) >= 11 is 0. The summed E-state index contributed by atoms with van der Waals surface area (Å²) in [4.78, 5) is 28.0. The molecule has 1 aromatic heterocycles. The van der Waals surface area contributed by atoms with Gasteiger partial charge in [-0.1, -0.05) is 25.2 Å². The lowest BCUT2D eigenvalue weighted by molar-refractivity contribution is -0.123. The quantitative estimate of drug-likeness (QED) is 0.350. The Balaban J connectivity index is 2.00. The molecule has 0 N–H and O–H groups in total. The summed E-state index contributed by atoms with van der Waals surface area (Å²) in [6.07, 6.45) is 11.5. The molecule has 0 radical (unpaired) electrons. The van der Waals surface area contributed by atoms with Crippen LogP contribution in [-0.4, -0.2) is 43.3 Å². The van der Waals surface area contributed by atoms with Crippen molar-refractivity contribution in [2.45, 2.75) is 58.9 Å². The fourth-order valence-electron chi connectivity index (χ4n) is 4.12. The van der Waals surface area contributed by atoms with Crippen LogP contribution < -0.4 is 4.90 Å². The van der Waals surface area contributed by atoms with Crippen LogP contribution in [0.4, 0.5) is 5.88 Å². The largest absolute Gasteiger partial charge is 0.462 e. The van der Waals surface area contributed by atoms with Gasteiger partial charge in [0.25, 0.3) is 0 Å². The smallest absolute Gasteiger partial charge is 0.343 e. The SMILES string of the molecule is CCOC(=O)c1cc(-c2ccc(C#CS(C)(C)C)cc2)oc1N(C(=O)C1CCCCC1)C(C)C. The van der Waals surface area contributed by atoms with E-state index in [1.165, 1.54) is 6.42 Å². The maximum absolute atomic E-state index is 13.5. The van der Waals surface area contributed by atoms with Crippen LogP contribution in [0.3, 0.4) is 0 Å². The molecule has 0 spiro atoms. The van der Waals surface area contributed by atoms with Crippen molar-refractivity contribution in [3.05, 3.63) is 41.5 Å². The zero-order chi connectivity index (χ0) is 24.9. The van der Waals surface area contributed by atoms with E-state index < -0.39 is 16.0 Å². The Morgan fingerprint density at radius 1 is 1.12 bits per heavy atom. The lowest BCUT2D eigenvalue weighted by Crippen LogP contribution is -2.42. The number of benzene rings is 1. The second kappa shape index (κ2) is 11.2. The molecule has 2 aromatic rings. The third-order valence-corrected chi connectivity index (χ3v) is 6.52. The van der Waals surface area contributed by atoms with E-state index in [9.17, 15) is 9.59 Å². The molecule has 5 nitrogen and oxygen atoms in total. The van der Waals surface area contributed by atoms with Crippen LogP contribution in [0.5, 0.6) is 0 Å². The van der Waals surface area contributed by atoms with Crippen LogP contribution in [0.2, 0.25) is 0 Å². The molecule has 0 unspecified atom stereocenters. The molecule has 3 rings (SSSR count). The Hall–Kier alpha value is -2.65. The van der Waals surface area contributed by atoms with Crippen molar-refractivity contribution in [2.75, 3.05) is 30.3 Å². The maximum atomic E-state index is 13.5. The number of anilines is 1. The van der Waals surface area contributed by atoms with E-state index in [4.69, 9.17) is 9.15 Å². The summed E-state index contributed by atoms with van der Waals surface area (Å²) in [5, 5.41) is 3.32. The molecule has 1 aliphatic carbocycles. The van der Waals surface area contributed by atoms with Gasteiger partial charge in [0.1, 0.15) is 11.3 Å². The van der Waals surface area contributed by atoms with Crippen LogP contribution in [0.25, 0.3) is 11.3 Å². The third-order valence-electron chi connectivity index (χ3n) is 5.81. The van der Waals surface area contributed by atoms with Crippen molar-refractivity contribution in [3.8, 4) is 22.5 Å². The second-order valence-electron chi connectivity index (χ2n) is 9.83. The summed E-state index contributed by atoms with van der Waals surface area (Å²) in [5.41, 5.74) is 2.04. The van der Waals surface area contributed by atoms with E-state index in [0.717, 1.165) is 36.8 Å². The zero-order valence-electron chi connectivity index (χ0n) is 21.3. The maximum Gasteiger partial charge on any atom is 0.343 e. The fraction of sp³-hybridized carbons (Fsp3) is 0.500. The molecule has 0 atom stereocenters. The van der Waals surface area contributed by atoms with Gasteiger partial charge in [0.15, 0.2) is 0 Å². The molecule has 0 aliphatic heterocycles. The first-order chi connectivity index (χ1) is 16.1. The highest BCUT2D eigenvalue weighted by Gasteiger charge is 2.34. The number of nitrogens with zero attached hydrogens (tertiary/aromatic N) is 1. The highest BCUT2D eigenvalue weighted by molar-refractivity contribution is 8.35. The highest BCUT2D eigenvalue weighted by atomic mass is 32.3. The van der Waals surface area contributed by atoms with Crippen LogP contribution in [0, 0.1) is 17.1 Å². The minimum absolute atomic E-state index is 0.0245. The van der Waals surface area contributed by atoms with E-state index in [2.05, 4.69) is 29.9 Å². The van der Waals surface area contributed by atoms with Gasteiger partial charge < -0.3 is 9.15 Å². The molecule has 184 valence electrons. The van der Waals surface area contributed by atoms with E-state index in [-0.39, 0.29) is 35.9 Å². The Kier molecular flexibility index (Phi) is 8.54. The second-order valence-corrected chi connectivity index (χ2v) is 13.7. The van der Waals surface area contributed by atoms with E-state index in [1.807, 2.05) is 38.1 Å². The predicted molar refractivity (Wildman–Crippen MR) is 142 cm³/mol. The topological polar surface area (TPSA) is 59.8 Å². The van der Waals surface area contributed by atoms with Crippen LogP contribution in [0.1, 0.15) is 68.8 Å². The number of carbonyl (C=O) groups excluding carboxylic acids is 2. The first-order valence-corrected chi connectivity index (χ1v) is 14.9. The minimum atomic E-state index is -0.906. The van der Waals surface area contributed by atoms with Gasteiger partial charge in [-0.25, -0.2) is 4.79 Å². The molecule has 1 aliphatic rings. The van der Waals surface area contributed by atoms with Crippen molar-refractivity contribution in [1.29, 1.82) is 0 Å². The molecule has 1 amide bonds. The molecule has 6 heteroatoms. The van der Waals surface area contributed by atoms with Crippen molar-refractivity contribution >= 4 is 27.8 Å². The number of furan rings is 1. The van der Waals surface area contributed by atoms with Gasteiger partial charge in [-0.15, -0.1) is 0 Å². The van der Waals surface area contributed by atoms with Gasteiger partial charge in [0.2, 0.25) is 11.8 Å². The number of amides is 1. The molecular formula is C28H37NO4S. The molecule has 34 heavy (non-hydrogen) atoms. The Morgan fingerprint density at radius 3 is 2.32 bits per heavy atom.